The Morgan fingerprint density at radius 3 is 2.17 bits per heavy atom. The summed E-state index contributed by atoms with van der Waals surface area (Å²) in [4.78, 5) is 0. The first-order valence-electron chi connectivity index (χ1n) is 4.84. The molecule has 2 unspecified atom stereocenters. The predicted octanol–water partition coefficient (Wildman–Crippen LogP) is 3.86. The van der Waals surface area contributed by atoms with E-state index >= 15 is 0 Å². The Bertz CT molecular complexity index is 165. The number of rotatable bonds is 4. The quantitative estimate of drug-likeness (QED) is 0.610. The van der Waals surface area contributed by atoms with E-state index in [-0.39, 0.29) is 17.8 Å². The van der Waals surface area contributed by atoms with Crippen LogP contribution < -0.4 is 0 Å². The Morgan fingerprint density at radius 2 is 1.92 bits per heavy atom. The maximum absolute atomic E-state index is 12.8. The van der Waals surface area contributed by atoms with Gasteiger partial charge in [0, 0.05) is 12.3 Å². The molecule has 0 aromatic carbocycles. The van der Waals surface area contributed by atoms with Crippen molar-refractivity contribution in [1.82, 2.24) is 0 Å². The molecule has 2 heteroatoms. The van der Waals surface area contributed by atoms with Crippen molar-refractivity contribution in [3.05, 3.63) is 0 Å². The molecule has 12 heavy (non-hydrogen) atoms. The van der Waals surface area contributed by atoms with Crippen LogP contribution in [-0.2, 0) is 0 Å². The van der Waals surface area contributed by atoms with Crippen LogP contribution in [-0.4, -0.2) is 5.92 Å². The minimum atomic E-state index is -2.35. The van der Waals surface area contributed by atoms with Crippen LogP contribution in [0.25, 0.3) is 0 Å². The first-order chi connectivity index (χ1) is 5.46. The SMILES string of the molecule is CCCC(C)(CC)C1CC1(F)F. The van der Waals surface area contributed by atoms with Gasteiger partial charge in [0.05, 0.1) is 0 Å². The van der Waals surface area contributed by atoms with Gasteiger partial charge in [0.25, 0.3) is 5.92 Å². The first-order valence-corrected chi connectivity index (χ1v) is 4.84. The van der Waals surface area contributed by atoms with Gasteiger partial charge in [0.2, 0.25) is 0 Å². The zero-order valence-electron chi connectivity index (χ0n) is 8.16. The molecule has 1 rings (SSSR count). The molecule has 0 aliphatic heterocycles. The largest absolute Gasteiger partial charge is 0.252 e. The van der Waals surface area contributed by atoms with Crippen molar-refractivity contribution in [2.24, 2.45) is 11.3 Å². The monoisotopic (exact) mass is 176 g/mol. The number of hydrogen-bond donors (Lipinski definition) is 0. The molecule has 0 aromatic heterocycles. The fourth-order valence-corrected chi connectivity index (χ4v) is 2.14. The topological polar surface area (TPSA) is 0 Å². The van der Waals surface area contributed by atoms with E-state index in [9.17, 15) is 8.78 Å². The summed E-state index contributed by atoms with van der Waals surface area (Å²) in [7, 11) is 0. The average Bonchev–Trinajstić information content (AvgIpc) is 2.61. The van der Waals surface area contributed by atoms with Gasteiger partial charge in [-0.1, -0.05) is 33.6 Å². The predicted molar refractivity (Wildman–Crippen MR) is 46.4 cm³/mol. The van der Waals surface area contributed by atoms with Crippen LogP contribution >= 0.6 is 0 Å². The molecular weight excluding hydrogens is 158 g/mol. The van der Waals surface area contributed by atoms with E-state index in [1.54, 1.807) is 0 Å². The third kappa shape index (κ3) is 1.62. The summed E-state index contributed by atoms with van der Waals surface area (Å²) in [6.45, 7) is 6.08. The number of alkyl halides is 2. The summed E-state index contributed by atoms with van der Waals surface area (Å²) in [6, 6.07) is 0. The second-order valence-corrected chi connectivity index (χ2v) is 4.28. The van der Waals surface area contributed by atoms with Crippen molar-refractivity contribution in [2.45, 2.75) is 52.4 Å². The second-order valence-electron chi connectivity index (χ2n) is 4.28. The zero-order valence-corrected chi connectivity index (χ0v) is 8.16. The lowest BCUT2D eigenvalue weighted by molar-refractivity contribution is 0.0553. The molecule has 0 amide bonds. The van der Waals surface area contributed by atoms with Crippen LogP contribution in [0.2, 0.25) is 0 Å². The van der Waals surface area contributed by atoms with E-state index < -0.39 is 5.92 Å². The Kier molecular flexibility index (Phi) is 2.46. The summed E-state index contributed by atoms with van der Waals surface area (Å²) in [6.07, 6.45) is 2.94. The molecule has 72 valence electrons. The molecule has 0 nitrogen and oxygen atoms in total. The molecule has 0 N–H and O–H groups in total. The van der Waals surface area contributed by atoms with Gasteiger partial charge in [0.1, 0.15) is 0 Å². The van der Waals surface area contributed by atoms with Crippen molar-refractivity contribution >= 4 is 0 Å². The summed E-state index contributed by atoms with van der Waals surface area (Å²) in [5, 5.41) is 0. The maximum Gasteiger partial charge on any atom is 0.252 e. The van der Waals surface area contributed by atoms with Crippen molar-refractivity contribution in [2.75, 3.05) is 0 Å². The fourth-order valence-electron chi connectivity index (χ4n) is 2.14. The molecular formula is C10H18F2. The minimum absolute atomic E-state index is 0.113. The minimum Gasteiger partial charge on any atom is -0.207 e. The van der Waals surface area contributed by atoms with E-state index in [0.29, 0.717) is 0 Å². The molecule has 0 radical (unpaired) electrons. The van der Waals surface area contributed by atoms with E-state index in [1.807, 2.05) is 13.8 Å². The van der Waals surface area contributed by atoms with Crippen LogP contribution in [0, 0.1) is 11.3 Å². The first kappa shape index (κ1) is 9.94. The number of halogens is 2. The van der Waals surface area contributed by atoms with Gasteiger partial charge < -0.3 is 0 Å². The van der Waals surface area contributed by atoms with Crippen molar-refractivity contribution in [3.63, 3.8) is 0 Å². The van der Waals surface area contributed by atoms with Gasteiger partial charge in [0.15, 0.2) is 0 Å². The molecule has 2 atom stereocenters. The molecule has 0 bridgehead atoms. The summed E-state index contributed by atoms with van der Waals surface area (Å²) in [5.41, 5.74) is -0.113. The molecule has 0 spiro atoms. The lowest BCUT2D eigenvalue weighted by atomic mass is 9.78. The summed E-state index contributed by atoms with van der Waals surface area (Å²) < 4.78 is 25.6. The summed E-state index contributed by atoms with van der Waals surface area (Å²) in [5.74, 6) is -2.69. The number of hydrogen-bond acceptors (Lipinski definition) is 0. The lowest BCUT2D eigenvalue weighted by Gasteiger charge is -2.27. The Balaban J connectivity index is 2.57. The van der Waals surface area contributed by atoms with Crippen molar-refractivity contribution in [3.8, 4) is 0 Å². The third-order valence-electron chi connectivity index (χ3n) is 3.30. The highest BCUT2D eigenvalue weighted by atomic mass is 19.3. The van der Waals surface area contributed by atoms with E-state index in [2.05, 4.69) is 6.92 Å². The van der Waals surface area contributed by atoms with Crippen molar-refractivity contribution in [1.29, 1.82) is 0 Å². The van der Waals surface area contributed by atoms with Gasteiger partial charge in [-0.05, 0) is 11.8 Å². The van der Waals surface area contributed by atoms with E-state index in [4.69, 9.17) is 0 Å². The van der Waals surface area contributed by atoms with E-state index in [0.717, 1.165) is 19.3 Å². The molecule has 1 saturated carbocycles. The van der Waals surface area contributed by atoms with Gasteiger partial charge in [-0.3, -0.25) is 0 Å². The highest BCUT2D eigenvalue weighted by molar-refractivity contribution is 5.03. The molecule has 1 aliphatic carbocycles. The molecule has 1 fully saturated rings. The third-order valence-corrected chi connectivity index (χ3v) is 3.30. The van der Waals surface area contributed by atoms with Crippen LogP contribution in [0.5, 0.6) is 0 Å². The normalized spacial score (nSPS) is 31.2. The van der Waals surface area contributed by atoms with Crippen molar-refractivity contribution < 1.29 is 8.78 Å². The fraction of sp³-hybridized carbons (Fsp3) is 1.00. The Labute approximate surface area is 73.3 Å². The molecule has 1 aliphatic rings. The van der Waals surface area contributed by atoms with E-state index in [1.165, 1.54) is 0 Å². The highest BCUT2D eigenvalue weighted by Gasteiger charge is 2.63. The Morgan fingerprint density at radius 1 is 1.42 bits per heavy atom. The lowest BCUT2D eigenvalue weighted by Crippen LogP contribution is -2.21. The smallest absolute Gasteiger partial charge is 0.207 e. The van der Waals surface area contributed by atoms with Gasteiger partial charge in [-0.25, -0.2) is 8.78 Å². The van der Waals surface area contributed by atoms with Crippen LogP contribution in [0.15, 0.2) is 0 Å². The highest BCUT2D eigenvalue weighted by Crippen LogP contribution is 2.60. The van der Waals surface area contributed by atoms with Crippen LogP contribution in [0.4, 0.5) is 8.78 Å². The summed E-state index contributed by atoms with van der Waals surface area (Å²) >= 11 is 0. The molecule has 0 heterocycles. The maximum atomic E-state index is 12.8. The van der Waals surface area contributed by atoms with Gasteiger partial charge >= 0.3 is 0 Å². The second kappa shape index (κ2) is 2.97. The molecule has 0 saturated heterocycles. The average molecular weight is 176 g/mol. The zero-order chi connectivity index (χ0) is 9.41. The molecule has 0 aromatic rings. The van der Waals surface area contributed by atoms with Gasteiger partial charge in [-0.15, -0.1) is 0 Å². The van der Waals surface area contributed by atoms with Crippen LogP contribution in [0.3, 0.4) is 0 Å². The van der Waals surface area contributed by atoms with Gasteiger partial charge in [-0.2, -0.15) is 0 Å². The standard InChI is InChI=1S/C10H18F2/c1-4-6-9(3,5-2)8-7-10(8,11)12/h8H,4-7H2,1-3H3. The Hall–Kier alpha value is -0.140. The van der Waals surface area contributed by atoms with Crippen LogP contribution in [0.1, 0.15) is 46.5 Å².